The summed E-state index contributed by atoms with van der Waals surface area (Å²) in [5.41, 5.74) is 1.29. The Balaban J connectivity index is 1.89. The molecule has 0 atom stereocenters. The van der Waals surface area contributed by atoms with Crippen molar-refractivity contribution in [3.8, 4) is 5.75 Å². The van der Waals surface area contributed by atoms with Gasteiger partial charge < -0.3 is 9.30 Å². The first-order valence-electron chi connectivity index (χ1n) is 9.91. The van der Waals surface area contributed by atoms with Gasteiger partial charge in [0, 0.05) is 32.5 Å². The largest absolute Gasteiger partial charge is 0.494 e. The van der Waals surface area contributed by atoms with E-state index in [-0.39, 0.29) is 11.2 Å². The van der Waals surface area contributed by atoms with Crippen molar-refractivity contribution in [3.05, 3.63) is 63.1 Å². The lowest BCUT2D eigenvalue weighted by Gasteiger charge is -2.11. The second-order valence-corrected chi connectivity index (χ2v) is 7.73. The van der Waals surface area contributed by atoms with Crippen LogP contribution in [0.1, 0.15) is 39.2 Å². The quantitative estimate of drug-likeness (QED) is 0.560. The Morgan fingerprint density at radius 2 is 1.79 bits per heavy atom. The Kier molecular flexibility index (Phi) is 6.07. The third-order valence-electron chi connectivity index (χ3n) is 4.81. The van der Waals surface area contributed by atoms with Crippen molar-refractivity contribution in [2.24, 2.45) is 13.0 Å². The molecule has 0 aliphatic carbocycles. The van der Waals surface area contributed by atoms with Gasteiger partial charge in [-0.05, 0) is 30.0 Å². The van der Waals surface area contributed by atoms with Gasteiger partial charge in [0.2, 0.25) is 0 Å². The molecule has 0 aliphatic heterocycles. The summed E-state index contributed by atoms with van der Waals surface area (Å²) < 4.78 is 10.6. The number of ether oxygens (including phenoxy) is 1. The van der Waals surface area contributed by atoms with Crippen LogP contribution < -0.4 is 16.0 Å². The lowest BCUT2D eigenvalue weighted by Crippen LogP contribution is -2.38. The highest BCUT2D eigenvalue weighted by Crippen LogP contribution is 2.16. The van der Waals surface area contributed by atoms with E-state index in [4.69, 9.17) is 4.74 Å². The molecule has 0 fully saturated rings. The van der Waals surface area contributed by atoms with Crippen LogP contribution in [0.5, 0.6) is 5.75 Å². The molecule has 1 aromatic carbocycles. The van der Waals surface area contributed by atoms with E-state index in [9.17, 15) is 9.59 Å². The smallest absolute Gasteiger partial charge is 0.331 e. The van der Waals surface area contributed by atoms with Crippen molar-refractivity contribution in [1.82, 2.24) is 13.7 Å². The third-order valence-corrected chi connectivity index (χ3v) is 4.81. The summed E-state index contributed by atoms with van der Waals surface area (Å²) in [7, 11) is 1.54. The van der Waals surface area contributed by atoms with E-state index in [2.05, 4.69) is 20.8 Å². The molecule has 2 aromatic heterocycles. The number of nitrogens with zero attached hydrogens (tertiary/aromatic N) is 3. The minimum Gasteiger partial charge on any atom is -0.494 e. The summed E-state index contributed by atoms with van der Waals surface area (Å²) in [5, 5.41) is 0.572. The van der Waals surface area contributed by atoms with E-state index < -0.39 is 0 Å². The molecule has 0 spiro atoms. The van der Waals surface area contributed by atoms with Gasteiger partial charge in [-0.25, -0.2) is 4.79 Å². The molecule has 0 amide bonds. The van der Waals surface area contributed by atoms with E-state index in [1.54, 1.807) is 4.57 Å². The van der Waals surface area contributed by atoms with Gasteiger partial charge in [-0.15, -0.1) is 0 Å². The number of benzene rings is 1. The fourth-order valence-corrected chi connectivity index (χ4v) is 3.30. The average Bonchev–Trinajstić information content (AvgIpc) is 3.08. The van der Waals surface area contributed by atoms with Crippen LogP contribution in [0.3, 0.4) is 0 Å². The van der Waals surface area contributed by atoms with Gasteiger partial charge in [0.05, 0.1) is 17.5 Å². The summed E-state index contributed by atoms with van der Waals surface area (Å²) in [5.74, 6) is 1.18. The number of hydrogen-bond acceptors (Lipinski definition) is 3. The minimum atomic E-state index is -0.266. The maximum atomic E-state index is 12.6. The van der Waals surface area contributed by atoms with Crippen molar-refractivity contribution in [3.63, 3.8) is 0 Å². The molecule has 0 N–H and O–H groups in total. The third kappa shape index (κ3) is 4.21. The lowest BCUT2D eigenvalue weighted by atomic mass is 10.2. The molecular formula is C22H29N3O3. The number of aromatic nitrogens is 3. The van der Waals surface area contributed by atoms with E-state index in [1.165, 1.54) is 11.6 Å². The van der Waals surface area contributed by atoms with Crippen LogP contribution in [0.15, 0.2) is 46.2 Å². The highest BCUT2D eigenvalue weighted by molar-refractivity contribution is 5.77. The van der Waals surface area contributed by atoms with Crippen LogP contribution in [-0.4, -0.2) is 20.3 Å². The van der Waals surface area contributed by atoms with Gasteiger partial charge in [-0.2, -0.15) is 0 Å². The Bertz CT molecular complexity index is 1060. The van der Waals surface area contributed by atoms with Gasteiger partial charge in [-0.1, -0.05) is 39.3 Å². The number of fused-ring (bicyclic) bond motifs is 1. The molecule has 3 rings (SSSR count). The summed E-state index contributed by atoms with van der Waals surface area (Å²) in [6, 6.07) is 8.01. The molecule has 0 saturated carbocycles. The molecule has 3 aromatic rings. The zero-order valence-electron chi connectivity index (χ0n) is 17.1. The van der Waals surface area contributed by atoms with Crippen molar-refractivity contribution < 1.29 is 4.74 Å². The van der Waals surface area contributed by atoms with Crippen molar-refractivity contribution in [2.75, 3.05) is 6.61 Å². The molecule has 6 heteroatoms. The maximum Gasteiger partial charge on any atom is 0.331 e. The summed E-state index contributed by atoms with van der Waals surface area (Å²) in [6.45, 7) is 8.20. The molecule has 0 saturated heterocycles. The number of unbranched alkanes of at least 4 members (excludes halogenated alkanes) is 1. The SMILES string of the molecule is CCCCOc1ccc(Cn2cc3c(=O)n(C)c(=O)n(CC(C)C)c3c2)cc1. The second-order valence-electron chi connectivity index (χ2n) is 7.73. The Morgan fingerprint density at radius 1 is 1.07 bits per heavy atom. The van der Waals surface area contributed by atoms with Gasteiger partial charge in [0.1, 0.15) is 5.75 Å². The highest BCUT2D eigenvalue weighted by Gasteiger charge is 2.14. The Morgan fingerprint density at radius 3 is 2.43 bits per heavy atom. The first-order chi connectivity index (χ1) is 13.4. The fraction of sp³-hybridized carbons (Fsp3) is 0.455. The standard InChI is InChI=1S/C22H29N3O3/c1-5-6-11-28-18-9-7-17(8-10-18)13-24-14-19-20(15-24)25(12-16(2)3)22(27)23(4)21(19)26/h7-10,14-16H,5-6,11-13H2,1-4H3. The molecule has 28 heavy (non-hydrogen) atoms. The summed E-state index contributed by atoms with van der Waals surface area (Å²) in [4.78, 5) is 25.1. The van der Waals surface area contributed by atoms with Gasteiger partial charge >= 0.3 is 5.69 Å². The predicted octanol–water partition coefficient (Wildman–Crippen LogP) is 3.38. The van der Waals surface area contributed by atoms with E-state index in [0.29, 0.717) is 29.9 Å². The van der Waals surface area contributed by atoms with Gasteiger partial charge in [0.25, 0.3) is 5.56 Å². The molecule has 6 nitrogen and oxygen atoms in total. The topological polar surface area (TPSA) is 58.2 Å². The van der Waals surface area contributed by atoms with Crippen molar-refractivity contribution >= 4 is 10.9 Å². The average molecular weight is 383 g/mol. The summed E-state index contributed by atoms with van der Waals surface area (Å²) in [6.07, 6.45) is 5.89. The molecule has 2 heterocycles. The zero-order valence-corrected chi connectivity index (χ0v) is 17.1. The van der Waals surface area contributed by atoms with Gasteiger partial charge in [0.15, 0.2) is 0 Å². The molecule has 0 radical (unpaired) electrons. The van der Waals surface area contributed by atoms with Crippen LogP contribution in [0.25, 0.3) is 10.9 Å². The predicted molar refractivity (Wildman–Crippen MR) is 112 cm³/mol. The van der Waals surface area contributed by atoms with Crippen LogP contribution >= 0.6 is 0 Å². The van der Waals surface area contributed by atoms with E-state index in [1.807, 2.05) is 41.2 Å². The molecule has 0 unspecified atom stereocenters. The van der Waals surface area contributed by atoms with Crippen LogP contribution in [-0.2, 0) is 20.1 Å². The van der Waals surface area contributed by atoms with Crippen LogP contribution in [0, 0.1) is 5.92 Å². The molecule has 0 bridgehead atoms. The number of rotatable bonds is 8. The first-order valence-corrected chi connectivity index (χ1v) is 9.91. The fourth-order valence-electron chi connectivity index (χ4n) is 3.30. The van der Waals surface area contributed by atoms with E-state index in [0.717, 1.165) is 30.8 Å². The monoisotopic (exact) mass is 383 g/mol. The zero-order chi connectivity index (χ0) is 20.3. The lowest BCUT2D eigenvalue weighted by molar-refractivity contribution is 0.309. The van der Waals surface area contributed by atoms with Crippen LogP contribution in [0.4, 0.5) is 0 Å². The van der Waals surface area contributed by atoms with Crippen molar-refractivity contribution in [2.45, 2.75) is 46.7 Å². The number of hydrogen-bond donors (Lipinski definition) is 0. The molecular weight excluding hydrogens is 354 g/mol. The van der Waals surface area contributed by atoms with E-state index >= 15 is 0 Å². The van der Waals surface area contributed by atoms with Crippen molar-refractivity contribution in [1.29, 1.82) is 0 Å². The normalized spacial score (nSPS) is 11.5. The first kappa shape index (κ1) is 20.0. The maximum absolute atomic E-state index is 12.6. The minimum absolute atomic E-state index is 0.251. The highest BCUT2D eigenvalue weighted by atomic mass is 16.5. The summed E-state index contributed by atoms with van der Waals surface area (Å²) >= 11 is 0. The van der Waals surface area contributed by atoms with Gasteiger partial charge in [-0.3, -0.25) is 13.9 Å². The molecule has 150 valence electrons. The second kappa shape index (κ2) is 8.50. The Labute approximate surface area is 165 Å². The molecule has 0 aliphatic rings. The Hall–Kier alpha value is -2.76. The van der Waals surface area contributed by atoms with Crippen LogP contribution in [0.2, 0.25) is 0 Å².